The summed E-state index contributed by atoms with van der Waals surface area (Å²) in [5.74, 6) is -0.638. The number of benzene rings is 2. The van der Waals surface area contributed by atoms with Crippen LogP contribution >= 0.6 is 0 Å². The molecule has 6 nitrogen and oxygen atoms in total. The topological polar surface area (TPSA) is 101 Å². The molecular weight excluding hydrogens is 457 g/mol. The summed E-state index contributed by atoms with van der Waals surface area (Å²) in [5, 5.41) is 27.2. The summed E-state index contributed by atoms with van der Waals surface area (Å²) in [7, 11) is 0. The molecule has 1 unspecified atom stereocenters. The van der Waals surface area contributed by atoms with E-state index in [9.17, 15) is 19.4 Å². The van der Waals surface area contributed by atoms with Crippen LogP contribution in [0, 0.1) is 17.2 Å². The minimum atomic E-state index is -1.36. The summed E-state index contributed by atoms with van der Waals surface area (Å²) in [6.45, 7) is 0. The van der Waals surface area contributed by atoms with Crippen LogP contribution in [-0.4, -0.2) is 31.5 Å². The number of hydrogen-bond acceptors (Lipinski definition) is 4. The second-order valence-corrected chi connectivity index (χ2v) is 10.6. The second-order valence-electron chi connectivity index (χ2n) is 10.6. The molecule has 0 saturated heterocycles. The third-order valence-corrected chi connectivity index (χ3v) is 8.65. The van der Waals surface area contributed by atoms with Crippen molar-refractivity contribution in [2.45, 2.75) is 56.7 Å². The quantitative estimate of drug-likeness (QED) is 0.468. The van der Waals surface area contributed by atoms with Gasteiger partial charge in [-0.25, -0.2) is 9.07 Å². The number of amides is 1. The number of nitrogens with zero attached hydrogens (tertiary/aromatic N) is 2. The molecule has 1 aromatic heterocycles. The Hall–Kier alpha value is -3.29. The number of aryl methyl sites for hydroxylation is 1. The molecule has 7 heteroatoms. The van der Waals surface area contributed by atoms with E-state index in [1.807, 2.05) is 23.0 Å². The van der Waals surface area contributed by atoms with Gasteiger partial charge in [-0.05, 0) is 97.9 Å². The number of primary amides is 1. The fraction of sp³-hybridized carbons (Fsp3) is 0.379. The standard InChI is InChI=1S/C29H30FN3O3/c30-22-7-9-23(10-8-22)33-25-15-21-12-14-28(36,29(21,20-5-6-20)16-19(25)17-32-33)13-11-18-3-1-2-4-24(18)26(34)27(31)35/h1-4,7-10,15,17,20,26,34,36H,5-6,11-14,16H2,(H2,31,35)/t26?,28-,29+/m0/s1. The number of aliphatic hydroxyl groups excluding tert-OH is 1. The number of fused-ring (bicyclic) bond motifs is 2. The van der Waals surface area contributed by atoms with E-state index in [4.69, 9.17) is 5.73 Å². The van der Waals surface area contributed by atoms with Crippen LogP contribution in [0.5, 0.6) is 0 Å². The molecule has 3 aliphatic rings. The van der Waals surface area contributed by atoms with E-state index in [-0.39, 0.29) is 11.2 Å². The van der Waals surface area contributed by atoms with Crippen LogP contribution in [0.15, 0.2) is 60.3 Å². The van der Waals surface area contributed by atoms with E-state index in [2.05, 4.69) is 11.2 Å². The number of carbonyl (C=O) groups excluding carboxylic acids is 1. The van der Waals surface area contributed by atoms with E-state index in [1.54, 1.807) is 24.3 Å². The first kappa shape index (κ1) is 23.1. The van der Waals surface area contributed by atoms with Gasteiger partial charge in [0.15, 0.2) is 6.10 Å². The van der Waals surface area contributed by atoms with E-state index in [0.29, 0.717) is 30.7 Å². The molecule has 3 atom stereocenters. The van der Waals surface area contributed by atoms with Gasteiger partial charge in [-0.15, -0.1) is 0 Å². The average Bonchev–Trinajstić information content (AvgIpc) is 3.60. The summed E-state index contributed by atoms with van der Waals surface area (Å²) in [4.78, 5) is 11.6. The van der Waals surface area contributed by atoms with Crippen molar-refractivity contribution in [2.24, 2.45) is 17.1 Å². The van der Waals surface area contributed by atoms with Gasteiger partial charge in [-0.2, -0.15) is 5.10 Å². The van der Waals surface area contributed by atoms with Crippen molar-refractivity contribution in [3.63, 3.8) is 0 Å². The number of aliphatic hydroxyl groups is 2. The zero-order valence-corrected chi connectivity index (χ0v) is 20.0. The van der Waals surface area contributed by atoms with Crippen molar-refractivity contribution < 1.29 is 19.4 Å². The molecule has 4 N–H and O–H groups in total. The Morgan fingerprint density at radius 3 is 2.67 bits per heavy atom. The molecule has 0 bridgehead atoms. The highest BCUT2D eigenvalue weighted by atomic mass is 19.1. The Balaban J connectivity index is 1.33. The van der Waals surface area contributed by atoms with Gasteiger partial charge in [0, 0.05) is 5.41 Å². The Labute approximate surface area is 209 Å². The normalized spacial score (nSPS) is 25.7. The van der Waals surface area contributed by atoms with Gasteiger partial charge in [0.2, 0.25) is 0 Å². The monoisotopic (exact) mass is 487 g/mol. The summed E-state index contributed by atoms with van der Waals surface area (Å²) in [6.07, 6.45) is 8.20. The Morgan fingerprint density at radius 2 is 1.94 bits per heavy atom. The molecule has 186 valence electrons. The first-order valence-corrected chi connectivity index (χ1v) is 12.6. The number of hydrogen-bond donors (Lipinski definition) is 3. The summed E-state index contributed by atoms with van der Waals surface area (Å²) >= 11 is 0. The molecule has 3 aromatic rings. The van der Waals surface area contributed by atoms with Gasteiger partial charge in [0.05, 0.1) is 23.2 Å². The first-order valence-electron chi connectivity index (χ1n) is 12.6. The number of nitrogens with two attached hydrogens (primary N) is 1. The number of aromatic nitrogens is 2. The lowest BCUT2D eigenvalue weighted by molar-refractivity contribution is -0.126. The highest BCUT2D eigenvalue weighted by molar-refractivity contribution is 5.80. The molecule has 0 spiro atoms. The smallest absolute Gasteiger partial charge is 0.250 e. The first-order chi connectivity index (χ1) is 17.3. The zero-order chi connectivity index (χ0) is 25.1. The van der Waals surface area contributed by atoms with Crippen molar-refractivity contribution in [3.05, 3.63) is 88.5 Å². The fourth-order valence-electron chi connectivity index (χ4n) is 6.73. The second kappa shape index (κ2) is 8.39. The molecule has 2 aromatic carbocycles. The van der Waals surface area contributed by atoms with E-state index in [1.165, 1.54) is 17.7 Å². The minimum Gasteiger partial charge on any atom is -0.389 e. The third kappa shape index (κ3) is 3.52. The largest absolute Gasteiger partial charge is 0.389 e. The van der Waals surface area contributed by atoms with Crippen molar-refractivity contribution in [1.82, 2.24) is 9.78 Å². The van der Waals surface area contributed by atoms with E-state index >= 15 is 0 Å². The van der Waals surface area contributed by atoms with Crippen molar-refractivity contribution >= 4 is 12.0 Å². The zero-order valence-electron chi connectivity index (χ0n) is 20.0. The summed E-state index contributed by atoms with van der Waals surface area (Å²) in [5.41, 5.74) is 9.65. The molecule has 2 fully saturated rings. The van der Waals surface area contributed by atoms with Crippen molar-refractivity contribution in [3.8, 4) is 5.69 Å². The molecule has 1 amide bonds. The minimum absolute atomic E-state index is 0.281. The van der Waals surface area contributed by atoms with Crippen molar-refractivity contribution in [2.75, 3.05) is 0 Å². The Morgan fingerprint density at radius 1 is 1.19 bits per heavy atom. The van der Waals surface area contributed by atoms with Crippen LogP contribution < -0.4 is 5.73 Å². The van der Waals surface area contributed by atoms with Gasteiger partial charge in [0.1, 0.15) is 5.82 Å². The number of carbonyl (C=O) groups is 1. The predicted molar refractivity (Wildman–Crippen MR) is 133 cm³/mol. The van der Waals surface area contributed by atoms with Gasteiger partial charge in [-0.3, -0.25) is 4.79 Å². The highest BCUT2D eigenvalue weighted by Gasteiger charge is 2.63. The fourth-order valence-corrected chi connectivity index (χ4v) is 6.73. The van der Waals surface area contributed by atoms with Gasteiger partial charge >= 0.3 is 0 Å². The van der Waals surface area contributed by atoms with Crippen LogP contribution in [0.1, 0.15) is 60.6 Å². The third-order valence-electron chi connectivity index (χ3n) is 8.65. The van der Waals surface area contributed by atoms with Crippen LogP contribution in [0.2, 0.25) is 0 Å². The summed E-state index contributed by atoms with van der Waals surface area (Å²) < 4.78 is 15.3. The van der Waals surface area contributed by atoms with Gasteiger partial charge in [-0.1, -0.05) is 29.8 Å². The highest BCUT2D eigenvalue weighted by Crippen LogP contribution is 2.66. The molecule has 1 heterocycles. The van der Waals surface area contributed by atoms with Crippen LogP contribution in [-0.2, 0) is 17.6 Å². The molecule has 36 heavy (non-hydrogen) atoms. The number of rotatable bonds is 7. The van der Waals surface area contributed by atoms with Crippen LogP contribution in [0.4, 0.5) is 4.39 Å². The molecular formula is C29H30FN3O3. The molecule has 6 rings (SSSR count). The maximum atomic E-state index is 13.5. The summed E-state index contributed by atoms with van der Waals surface area (Å²) in [6, 6.07) is 13.6. The Kier molecular flexibility index (Phi) is 5.39. The van der Waals surface area contributed by atoms with Crippen molar-refractivity contribution in [1.29, 1.82) is 0 Å². The molecule has 0 aliphatic heterocycles. The van der Waals surface area contributed by atoms with E-state index < -0.39 is 17.6 Å². The van der Waals surface area contributed by atoms with Crippen LogP contribution in [0.3, 0.4) is 0 Å². The SMILES string of the molecule is NC(=O)C(O)c1ccccc1CC[C@]1(O)CCC2=Cc3c(cnn3-c3ccc(F)cc3)C[C@@]21C1CC1. The molecule has 2 saturated carbocycles. The average molecular weight is 488 g/mol. The van der Waals surface area contributed by atoms with Gasteiger partial charge < -0.3 is 15.9 Å². The lowest BCUT2D eigenvalue weighted by Crippen LogP contribution is -2.49. The maximum absolute atomic E-state index is 13.5. The maximum Gasteiger partial charge on any atom is 0.250 e. The Bertz CT molecular complexity index is 1360. The molecule has 3 aliphatic carbocycles. The van der Waals surface area contributed by atoms with Crippen LogP contribution in [0.25, 0.3) is 11.8 Å². The van der Waals surface area contributed by atoms with E-state index in [0.717, 1.165) is 48.2 Å². The lowest BCUT2D eigenvalue weighted by atomic mass is 9.61. The predicted octanol–water partition coefficient (Wildman–Crippen LogP) is 4.02. The van der Waals surface area contributed by atoms with Gasteiger partial charge in [0.25, 0.3) is 5.91 Å². The molecule has 0 radical (unpaired) electrons. The number of halogens is 1. The lowest BCUT2D eigenvalue weighted by Gasteiger charge is -2.46.